The zero-order valence-corrected chi connectivity index (χ0v) is 7.53. The van der Waals surface area contributed by atoms with E-state index in [1.165, 1.54) is 5.56 Å². The van der Waals surface area contributed by atoms with Crippen LogP contribution < -0.4 is 0 Å². The molecule has 1 aliphatic rings. The highest BCUT2D eigenvalue weighted by molar-refractivity contribution is 5.75. The van der Waals surface area contributed by atoms with E-state index in [1.54, 1.807) is 0 Å². The molecular weight excluding hydrogens is 164 g/mol. The van der Waals surface area contributed by atoms with Gasteiger partial charge in [0, 0.05) is 0 Å². The molecule has 2 atom stereocenters. The molecule has 2 rings (SSSR count). The molecule has 1 aliphatic carbocycles. The second-order valence-electron chi connectivity index (χ2n) is 3.70. The number of carboxylic acids is 1. The molecular formula is C11H12O2. The summed E-state index contributed by atoms with van der Waals surface area (Å²) < 4.78 is 0. The molecule has 1 fully saturated rings. The van der Waals surface area contributed by atoms with Crippen molar-refractivity contribution >= 4 is 5.97 Å². The van der Waals surface area contributed by atoms with Gasteiger partial charge in [0.2, 0.25) is 0 Å². The van der Waals surface area contributed by atoms with Crippen molar-refractivity contribution in [1.82, 2.24) is 0 Å². The highest BCUT2D eigenvalue weighted by atomic mass is 16.4. The van der Waals surface area contributed by atoms with Crippen molar-refractivity contribution in [3.8, 4) is 0 Å². The first-order valence-electron chi connectivity index (χ1n) is 4.48. The van der Waals surface area contributed by atoms with Crippen molar-refractivity contribution in [2.24, 2.45) is 5.92 Å². The summed E-state index contributed by atoms with van der Waals surface area (Å²) in [4.78, 5) is 10.6. The van der Waals surface area contributed by atoms with Gasteiger partial charge >= 0.3 is 5.97 Å². The molecule has 0 unspecified atom stereocenters. The van der Waals surface area contributed by atoms with E-state index in [2.05, 4.69) is 0 Å². The fraction of sp³-hybridized carbons (Fsp3) is 0.364. The van der Waals surface area contributed by atoms with Gasteiger partial charge in [-0.25, -0.2) is 0 Å². The van der Waals surface area contributed by atoms with Gasteiger partial charge in [0.25, 0.3) is 0 Å². The van der Waals surface area contributed by atoms with Gasteiger partial charge in [-0.3, -0.25) is 4.79 Å². The zero-order valence-electron chi connectivity index (χ0n) is 7.53. The molecule has 0 radical (unpaired) electrons. The minimum atomic E-state index is -0.662. The number of carboxylic acid groups (broad SMARTS) is 1. The monoisotopic (exact) mass is 176 g/mol. The molecule has 1 aromatic rings. The van der Waals surface area contributed by atoms with Crippen LogP contribution in [0.15, 0.2) is 24.3 Å². The number of benzene rings is 1. The summed E-state index contributed by atoms with van der Waals surface area (Å²) in [6, 6.07) is 8.13. The molecule has 0 saturated heterocycles. The second-order valence-corrected chi connectivity index (χ2v) is 3.70. The summed E-state index contributed by atoms with van der Waals surface area (Å²) >= 11 is 0. The number of aliphatic carboxylic acids is 1. The van der Waals surface area contributed by atoms with Crippen molar-refractivity contribution in [1.29, 1.82) is 0 Å². The van der Waals surface area contributed by atoms with E-state index in [4.69, 9.17) is 5.11 Å². The Morgan fingerprint density at radius 1 is 1.38 bits per heavy atom. The normalized spacial score (nSPS) is 25.6. The van der Waals surface area contributed by atoms with Gasteiger partial charge in [0.15, 0.2) is 0 Å². The van der Waals surface area contributed by atoms with Crippen LogP contribution in [0.5, 0.6) is 0 Å². The van der Waals surface area contributed by atoms with E-state index >= 15 is 0 Å². The molecule has 1 saturated carbocycles. The number of hydrogen-bond donors (Lipinski definition) is 1. The lowest BCUT2D eigenvalue weighted by Crippen LogP contribution is -1.98. The van der Waals surface area contributed by atoms with E-state index < -0.39 is 5.97 Å². The van der Waals surface area contributed by atoms with Gasteiger partial charge in [0.05, 0.1) is 5.92 Å². The maximum atomic E-state index is 10.6. The molecule has 68 valence electrons. The summed E-state index contributed by atoms with van der Waals surface area (Å²) in [5.74, 6) is -0.536. The van der Waals surface area contributed by atoms with Crippen LogP contribution in [-0.4, -0.2) is 11.1 Å². The summed E-state index contributed by atoms with van der Waals surface area (Å²) in [5, 5.41) is 8.74. The highest BCUT2D eigenvalue weighted by Crippen LogP contribution is 2.47. The molecule has 0 aliphatic heterocycles. The van der Waals surface area contributed by atoms with E-state index in [0.717, 1.165) is 12.0 Å². The lowest BCUT2D eigenvalue weighted by Gasteiger charge is -1.98. The fourth-order valence-electron chi connectivity index (χ4n) is 1.65. The molecule has 0 aromatic heterocycles. The first-order chi connectivity index (χ1) is 6.18. The predicted octanol–water partition coefficient (Wildman–Crippen LogP) is 2.18. The van der Waals surface area contributed by atoms with Crippen LogP contribution in [0.1, 0.15) is 23.5 Å². The van der Waals surface area contributed by atoms with Crippen molar-refractivity contribution < 1.29 is 9.90 Å². The SMILES string of the molecule is Cc1ccc([C@H]2C[C@@H]2C(=O)O)cc1. The first kappa shape index (κ1) is 8.30. The Morgan fingerprint density at radius 2 is 2.00 bits per heavy atom. The van der Waals surface area contributed by atoms with Gasteiger partial charge in [0.1, 0.15) is 0 Å². The Balaban J connectivity index is 2.12. The quantitative estimate of drug-likeness (QED) is 0.749. The summed E-state index contributed by atoms with van der Waals surface area (Å²) in [5.41, 5.74) is 2.38. The van der Waals surface area contributed by atoms with Crippen molar-refractivity contribution in [2.45, 2.75) is 19.3 Å². The van der Waals surface area contributed by atoms with Crippen LogP contribution in [-0.2, 0) is 4.79 Å². The van der Waals surface area contributed by atoms with Crippen LogP contribution in [0.25, 0.3) is 0 Å². The second kappa shape index (κ2) is 2.87. The molecule has 0 spiro atoms. The first-order valence-corrected chi connectivity index (χ1v) is 4.48. The van der Waals surface area contributed by atoms with Gasteiger partial charge in [-0.2, -0.15) is 0 Å². The lowest BCUT2D eigenvalue weighted by molar-refractivity contribution is -0.138. The van der Waals surface area contributed by atoms with Crippen LogP contribution in [0, 0.1) is 12.8 Å². The lowest BCUT2D eigenvalue weighted by atomic mass is 10.1. The molecule has 1 aromatic carbocycles. The maximum absolute atomic E-state index is 10.6. The Labute approximate surface area is 77.2 Å². The molecule has 2 nitrogen and oxygen atoms in total. The fourth-order valence-corrected chi connectivity index (χ4v) is 1.65. The van der Waals surface area contributed by atoms with E-state index in [1.807, 2.05) is 31.2 Å². The molecule has 0 heterocycles. The van der Waals surface area contributed by atoms with Crippen molar-refractivity contribution in [2.75, 3.05) is 0 Å². The van der Waals surface area contributed by atoms with Crippen molar-refractivity contribution in [3.63, 3.8) is 0 Å². The Bertz CT molecular complexity index is 326. The maximum Gasteiger partial charge on any atom is 0.307 e. The van der Waals surface area contributed by atoms with Gasteiger partial charge in [-0.15, -0.1) is 0 Å². The van der Waals surface area contributed by atoms with E-state index in [-0.39, 0.29) is 11.8 Å². The minimum absolute atomic E-state index is 0.136. The Kier molecular flexibility index (Phi) is 1.83. The highest BCUT2D eigenvalue weighted by Gasteiger charge is 2.43. The molecule has 2 heteroatoms. The zero-order chi connectivity index (χ0) is 9.42. The average molecular weight is 176 g/mol. The largest absolute Gasteiger partial charge is 0.481 e. The van der Waals surface area contributed by atoms with Gasteiger partial charge in [-0.05, 0) is 24.8 Å². The average Bonchev–Trinajstić information content (AvgIpc) is 2.85. The van der Waals surface area contributed by atoms with E-state index in [0.29, 0.717) is 0 Å². The van der Waals surface area contributed by atoms with Crippen LogP contribution >= 0.6 is 0 Å². The third-order valence-electron chi connectivity index (χ3n) is 2.61. The molecule has 0 amide bonds. The number of hydrogen-bond acceptors (Lipinski definition) is 1. The smallest absolute Gasteiger partial charge is 0.307 e. The summed E-state index contributed by atoms with van der Waals surface area (Å²) in [7, 11) is 0. The topological polar surface area (TPSA) is 37.3 Å². The molecule has 1 N–H and O–H groups in total. The van der Waals surface area contributed by atoms with Crippen LogP contribution in [0.4, 0.5) is 0 Å². The summed E-state index contributed by atoms with van der Waals surface area (Å²) in [6.45, 7) is 2.03. The Hall–Kier alpha value is -1.31. The molecule has 0 bridgehead atoms. The van der Waals surface area contributed by atoms with Gasteiger partial charge < -0.3 is 5.11 Å². The van der Waals surface area contributed by atoms with E-state index in [9.17, 15) is 4.79 Å². The standard InChI is InChI=1S/C11H12O2/c1-7-2-4-8(5-3-7)9-6-10(9)11(12)13/h2-5,9-10H,6H2,1H3,(H,12,13)/t9-,10+/m1/s1. The Morgan fingerprint density at radius 3 is 2.46 bits per heavy atom. The number of aryl methyl sites for hydroxylation is 1. The number of rotatable bonds is 2. The summed E-state index contributed by atoms with van der Waals surface area (Å²) in [6.07, 6.45) is 0.804. The third kappa shape index (κ3) is 1.57. The third-order valence-corrected chi connectivity index (χ3v) is 2.61. The minimum Gasteiger partial charge on any atom is -0.481 e. The molecule has 13 heavy (non-hydrogen) atoms. The van der Waals surface area contributed by atoms with Crippen LogP contribution in [0.2, 0.25) is 0 Å². The van der Waals surface area contributed by atoms with Crippen LogP contribution in [0.3, 0.4) is 0 Å². The number of carbonyl (C=O) groups is 1. The van der Waals surface area contributed by atoms with Crippen molar-refractivity contribution in [3.05, 3.63) is 35.4 Å². The predicted molar refractivity (Wildman–Crippen MR) is 49.7 cm³/mol. The van der Waals surface area contributed by atoms with Gasteiger partial charge in [-0.1, -0.05) is 29.8 Å².